The quantitative estimate of drug-likeness (QED) is 0.676. The number of aliphatic hydroxyl groups excluding tert-OH is 1. The summed E-state index contributed by atoms with van der Waals surface area (Å²) in [6, 6.07) is 2.60. The van der Waals surface area contributed by atoms with Gasteiger partial charge in [0, 0.05) is 18.8 Å². The van der Waals surface area contributed by atoms with E-state index in [1.54, 1.807) is 6.92 Å². The SMILES string of the molecule is Cc1ccc(C(F)(F)F)cc1NC(=O)NCCCOCCO. The van der Waals surface area contributed by atoms with Gasteiger partial charge in [-0.05, 0) is 31.0 Å². The molecular weight excluding hydrogens is 301 g/mol. The van der Waals surface area contributed by atoms with Gasteiger partial charge >= 0.3 is 12.2 Å². The second kappa shape index (κ2) is 8.60. The Balaban J connectivity index is 2.47. The molecule has 0 atom stereocenters. The Morgan fingerprint density at radius 2 is 2.05 bits per heavy atom. The predicted molar refractivity (Wildman–Crippen MR) is 75.7 cm³/mol. The van der Waals surface area contributed by atoms with E-state index in [1.165, 1.54) is 6.07 Å². The monoisotopic (exact) mass is 320 g/mol. The number of aryl methyl sites for hydroxylation is 1. The van der Waals surface area contributed by atoms with Crippen LogP contribution in [0.3, 0.4) is 0 Å². The molecule has 0 fully saturated rings. The Morgan fingerprint density at radius 1 is 1.32 bits per heavy atom. The zero-order valence-corrected chi connectivity index (χ0v) is 12.2. The molecule has 22 heavy (non-hydrogen) atoms. The first-order valence-electron chi connectivity index (χ1n) is 6.76. The molecule has 0 aliphatic rings. The lowest BCUT2D eigenvalue weighted by Crippen LogP contribution is -2.30. The molecule has 1 rings (SSSR count). The van der Waals surface area contributed by atoms with Crippen LogP contribution in [0.1, 0.15) is 17.5 Å². The van der Waals surface area contributed by atoms with Crippen LogP contribution in [0.5, 0.6) is 0 Å². The van der Waals surface area contributed by atoms with Gasteiger partial charge in [-0.3, -0.25) is 0 Å². The van der Waals surface area contributed by atoms with Crippen molar-refractivity contribution >= 4 is 11.7 Å². The number of aliphatic hydroxyl groups is 1. The lowest BCUT2D eigenvalue weighted by Gasteiger charge is -2.13. The van der Waals surface area contributed by atoms with E-state index in [-0.39, 0.29) is 18.9 Å². The molecule has 0 bridgehead atoms. The largest absolute Gasteiger partial charge is 0.416 e. The van der Waals surface area contributed by atoms with Crippen molar-refractivity contribution in [2.45, 2.75) is 19.5 Å². The van der Waals surface area contributed by atoms with Gasteiger partial charge in [0.2, 0.25) is 0 Å². The summed E-state index contributed by atoms with van der Waals surface area (Å²) in [4.78, 5) is 11.6. The number of amides is 2. The minimum Gasteiger partial charge on any atom is -0.394 e. The number of rotatable bonds is 7. The van der Waals surface area contributed by atoms with Crippen molar-refractivity contribution in [2.24, 2.45) is 0 Å². The topological polar surface area (TPSA) is 70.6 Å². The lowest BCUT2D eigenvalue weighted by atomic mass is 10.1. The summed E-state index contributed by atoms with van der Waals surface area (Å²) in [7, 11) is 0. The Hall–Kier alpha value is -1.80. The normalized spacial score (nSPS) is 11.3. The molecule has 0 saturated heterocycles. The number of nitrogens with one attached hydrogen (secondary N) is 2. The summed E-state index contributed by atoms with van der Waals surface area (Å²) in [6.45, 7) is 2.47. The third-order valence-electron chi connectivity index (χ3n) is 2.80. The molecular formula is C14H19F3N2O3. The molecule has 1 aromatic rings. The molecule has 0 saturated carbocycles. The van der Waals surface area contributed by atoms with Gasteiger partial charge in [-0.2, -0.15) is 13.2 Å². The van der Waals surface area contributed by atoms with Crippen LogP contribution in [0.15, 0.2) is 18.2 Å². The zero-order chi connectivity index (χ0) is 16.6. The standard InChI is InChI=1S/C14H19F3N2O3/c1-10-3-4-11(14(15,16)17)9-12(10)19-13(21)18-5-2-7-22-8-6-20/h3-4,9,20H,2,5-8H2,1H3,(H2,18,19,21). The highest BCUT2D eigenvalue weighted by Crippen LogP contribution is 2.31. The Morgan fingerprint density at radius 3 is 2.68 bits per heavy atom. The Labute approximate surface area is 126 Å². The van der Waals surface area contributed by atoms with Crippen LogP contribution in [-0.2, 0) is 10.9 Å². The predicted octanol–water partition coefficient (Wildman–Crippen LogP) is 2.53. The van der Waals surface area contributed by atoms with Crippen molar-refractivity contribution in [2.75, 3.05) is 31.7 Å². The van der Waals surface area contributed by atoms with Crippen LogP contribution in [-0.4, -0.2) is 37.5 Å². The molecule has 0 heterocycles. The van der Waals surface area contributed by atoms with Gasteiger partial charge < -0.3 is 20.5 Å². The fourth-order valence-corrected chi connectivity index (χ4v) is 1.64. The maximum atomic E-state index is 12.6. The van der Waals surface area contributed by atoms with Crippen molar-refractivity contribution in [3.05, 3.63) is 29.3 Å². The van der Waals surface area contributed by atoms with E-state index in [4.69, 9.17) is 9.84 Å². The average Bonchev–Trinajstić information content (AvgIpc) is 2.44. The number of alkyl halides is 3. The summed E-state index contributed by atoms with van der Waals surface area (Å²) < 4.78 is 42.9. The molecule has 0 unspecified atom stereocenters. The first-order valence-corrected chi connectivity index (χ1v) is 6.76. The molecule has 5 nitrogen and oxygen atoms in total. The molecule has 124 valence electrons. The Kier molecular flexibility index (Phi) is 7.13. The van der Waals surface area contributed by atoms with Gasteiger partial charge in [-0.15, -0.1) is 0 Å². The van der Waals surface area contributed by atoms with Gasteiger partial charge in [0.15, 0.2) is 0 Å². The number of hydrogen-bond acceptors (Lipinski definition) is 3. The van der Waals surface area contributed by atoms with Crippen LogP contribution in [0.25, 0.3) is 0 Å². The number of ether oxygens (including phenoxy) is 1. The van der Waals surface area contributed by atoms with Crippen LogP contribution in [0, 0.1) is 6.92 Å². The van der Waals surface area contributed by atoms with Crippen LogP contribution in [0.4, 0.5) is 23.7 Å². The highest BCUT2D eigenvalue weighted by Gasteiger charge is 2.30. The van der Waals surface area contributed by atoms with Gasteiger partial charge in [-0.1, -0.05) is 6.07 Å². The first-order chi connectivity index (χ1) is 10.3. The van der Waals surface area contributed by atoms with E-state index in [1.807, 2.05) is 0 Å². The first kappa shape index (κ1) is 18.2. The highest BCUT2D eigenvalue weighted by molar-refractivity contribution is 5.90. The summed E-state index contributed by atoms with van der Waals surface area (Å²) >= 11 is 0. The van der Waals surface area contributed by atoms with Crippen LogP contribution < -0.4 is 10.6 Å². The van der Waals surface area contributed by atoms with Crippen molar-refractivity contribution in [1.29, 1.82) is 0 Å². The fourth-order valence-electron chi connectivity index (χ4n) is 1.64. The molecule has 2 amide bonds. The summed E-state index contributed by atoms with van der Waals surface area (Å²) in [5.74, 6) is 0. The number of carbonyl (C=O) groups is 1. The molecule has 0 aromatic heterocycles. The summed E-state index contributed by atoms with van der Waals surface area (Å²) in [5.41, 5.74) is -0.163. The Bertz CT molecular complexity index is 493. The maximum absolute atomic E-state index is 12.6. The number of benzene rings is 1. The second-order valence-corrected chi connectivity index (χ2v) is 4.60. The minimum atomic E-state index is -4.45. The van der Waals surface area contributed by atoms with Gasteiger partial charge in [0.25, 0.3) is 0 Å². The molecule has 8 heteroatoms. The third kappa shape index (κ3) is 6.31. The van der Waals surface area contributed by atoms with Gasteiger partial charge in [-0.25, -0.2) is 4.79 Å². The van der Waals surface area contributed by atoms with Crippen molar-refractivity contribution in [1.82, 2.24) is 5.32 Å². The summed E-state index contributed by atoms with van der Waals surface area (Å²) in [5, 5.41) is 13.4. The van der Waals surface area contributed by atoms with E-state index in [2.05, 4.69) is 10.6 Å². The fraction of sp³-hybridized carbons (Fsp3) is 0.500. The number of carbonyl (C=O) groups excluding carboxylic acids is 1. The van der Waals surface area contributed by atoms with E-state index < -0.39 is 17.8 Å². The molecule has 0 aliphatic heterocycles. The molecule has 1 aromatic carbocycles. The van der Waals surface area contributed by atoms with E-state index in [0.717, 1.165) is 12.1 Å². The van der Waals surface area contributed by atoms with Crippen molar-refractivity contribution in [3.8, 4) is 0 Å². The smallest absolute Gasteiger partial charge is 0.394 e. The third-order valence-corrected chi connectivity index (χ3v) is 2.80. The maximum Gasteiger partial charge on any atom is 0.416 e. The average molecular weight is 320 g/mol. The van der Waals surface area contributed by atoms with E-state index in [9.17, 15) is 18.0 Å². The zero-order valence-electron chi connectivity index (χ0n) is 12.2. The summed E-state index contributed by atoms with van der Waals surface area (Å²) in [6.07, 6.45) is -3.92. The molecule has 0 spiro atoms. The minimum absolute atomic E-state index is 0.0667. The van der Waals surface area contributed by atoms with Gasteiger partial charge in [0.05, 0.1) is 18.8 Å². The highest BCUT2D eigenvalue weighted by atomic mass is 19.4. The van der Waals surface area contributed by atoms with E-state index in [0.29, 0.717) is 25.1 Å². The number of halogens is 3. The van der Waals surface area contributed by atoms with Crippen LogP contribution >= 0.6 is 0 Å². The number of urea groups is 1. The number of hydrogen-bond donors (Lipinski definition) is 3. The molecule has 0 radical (unpaired) electrons. The van der Waals surface area contributed by atoms with Gasteiger partial charge in [0.1, 0.15) is 0 Å². The van der Waals surface area contributed by atoms with E-state index >= 15 is 0 Å². The molecule has 3 N–H and O–H groups in total. The van der Waals surface area contributed by atoms with Crippen LogP contribution in [0.2, 0.25) is 0 Å². The lowest BCUT2D eigenvalue weighted by molar-refractivity contribution is -0.137. The second-order valence-electron chi connectivity index (χ2n) is 4.60. The molecule has 0 aliphatic carbocycles. The van der Waals surface area contributed by atoms with Crippen molar-refractivity contribution in [3.63, 3.8) is 0 Å². The number of anilines is 1. The van der Waals surface area contributed by atoms with Crippen molar-refractivity contribution < 1.29 is 27.8 Å².